The van der Waals surface area contributed by atoms with Gasteiger partial charge in [0.2, 0.25) is 0 Å². The van der Waals surface area contributed by atoms with Crippen molar-refractivity contribution in [2.24, 2.45) is 0 Å². The fourth-order valence-electron chi connectivity index (χ4n) is 8.57. The molecular formula is C54H40FN. The molecule has 0 radical (unpaired) electrons. The third kappa shape index (κ3) is 5.97. The lowest BCUT2D eigenvalue weighted by Crippen LogP contribution is -2.29. The van der Waals surface area contributed by atoms with Crippen LogP contribution >= 0.6 is 0 Å². The minimum absolute atomic E-state index is 0.235. The third-order valence-corrected chi connectivity index (χ3v) is 11.2. The first kappa shape index (κ1) is 34.7. The van der Waals surface area contributed by atoms with Crippen molar-refractivity contribution < 1.29 is 4.39 Å². The monoisotopic (exact) mass is 721 g/mol. The van der Waals surface area contributed by atoms with E-state index in [1.54, 1.807) is 0 Å². The molecule has 0 aliphatic heterocycles. The molecule has 0 fully saturated rings. The van der Waals surface area contributed by atoms with Gasteiger partial charge in [0.25, 0.3) is 0 Å². The average Bonchev–Trinajstić information content (AvgIpc) is 3.56. The molecule has 0 atom stereocenters. The van der Waals surface area contributed by atoms with Gasteiger partial charge in [0.05, 0.1) is 5.41 Å². The van der Waals surface area contributed by atoms with Crippen molar-refractivity contribution in [2.75, 3.05) is 4.90 Å². The summed E-state index contributed by atoms with van der Waals surface area (Å²) < 4.78 is 13.6. The first-order chi connectivity index (χ1) is 27.6. The van der Waals surface area contributed by atoms with E-state index in [9.17, 15) is 4.39 Å². The Morgan fingerprint density at radius 1 is 0.464 bits per heavy atom. The molecule has 0 unspecified atom stereocenters. The number of benzene rings is 8. The van der Waals surface area contributed by atoms with Gasteiger partial charge >= 0.3 is 0 Å². The highest BCUT2D eigenvalue weighted by molar-refractivity contribution is 5.96. The van der Waals surface area contributed by atoms with Crippen LogP contribution in [0.3, 0.4) is 0 Å². The van der Waals surface area contributed by atoms with Gasteiger partial charge in [-0.1, -0.05) is 164 Å². The Balaban J connectivity index is 1.17. The molecule has 0 bridgehead atoms. The smallest absolute Gasteiger partial charge is 0.123 e. The summed E-state index contributed by atoms with van der Waals surface area (Å²) in [4.78, 5) is 2.27. The molecule has 1 aliphatic carbocycles. The molecule has 8 aromatic carbocycles. The van der Waals surface area contributed by atoms with Crippen LogP contribution in [0.25, 0.3) is 27.8 Å². The van der Waals surface area contributed by atoms with Gasteiger partial charge < -0.3 is 4.90 Å². The molecular weight excluding hydrogens is 682 g/mol. The molecule has 0 N–H and O–H groups in total. The summed E-state index contributed by atoms with van der Waals surface area (Å²) in [6.45, 7) is 6.68. The van der Waals surface area contributed by atoms with E-state index in [2.05, 4.69) is 200 Å². The van der Waals surface area contributed by atoms with E-state index >= 15 is 0 Å². The topological polar surface area (TPSA) is 3.24 Å². The number of para-hydroxylation sites is 1. The predicted octanol–water partition coefficient (Wildman–Crippen LogP) is 14.3. The van der Waals surface area contributed by atoms with E-state index in [4.69, 9.17) is 0 Å². The predicted molar refractivity (Wildman–Crippen MR) is 232 cm³/mol. The van der Waals surface area contributed by atoms with Crippen molar-refractivity contribution in [2.45, 2.75) is 12.3 Å². The molecule has 268 valence electrons. The summed E-state index contributed by atoms with van der Waals surface area (Å²) in [5.41, 5.74) is 16.6. The van der Waals surface area contributed by atoms with Gasteiger partial charge in [-0.05, 0) is 128 Å². The fraction of sp³-hybridized carbons (Fsp3) is 0.0370. The van der Waals surface area contributed by atoms with Gasteiger partial charge in [-0.15, -0.1) is 0 Å². The summed E-state index contributed by atoms with van der Waals surface area (Å²) in [6.07, 6.45) is 2.08. The molecule has 56 heavy (non-hydrogen) atoms. The van der Waals surface area contributed by atoms with Gasteiger partial charge in [0.1, 0.15) is 5.82 Å². The second-order valence-corrected chi connectivity index (χ2v) is 14.3. The number of hydrogen-bond acceptors (Lipinski definition) is 1. The Kier molecular flexibility index (Phi) is 9.09. The number of rotatable bonds is 9. The van der Waals surface area contributed by atoms with Crippen LogP contribution in [-0.2, 0) is 5.41 Å². The van der Waals surface area contributed by atoms with Crippen molar-refractivity contribution in [1.29, 1.82) is 0 Å². The standard InChI is InChI=1S/C54H40FN/c1-3-51-53(49-22-14-13-15-38(49)2)50-36-29-42(37-52(50)54(51,43-16-7-4-8-17-43)44-18-9-5-10-19-44)41-27-34-48(35-28-41)56(46-20-11-6-12-21-46)47-32-25-40(26-33-47)39-23-30-45(55)31-24-39/h3-37H,1H2,2H3. The Hall–Kier alpha value is -7.03. The molecule has 0 saturated heterocycles. The molecule has 1 aliphatic rings. The molecule has 9 rings (SSSR count). The summed E-state index contributed by atoms with van der Waals surface area (Å²) in [5.74, 6) is -0.235. The van der Waals surface area contributed by atoms with Gasteiger partial charge in [-0.2, -0.15) is 0 Å². The van der Waals surface area contributed by atoms with Crippen LogP contribution < -0.4 is 4.90 Å². The Labute approximate surface area is 329 Å². The minimum atomic E-state index is -0.572. The number of nitrogens with zero attached hydrogens (tertiary/aromatic N) is 1. The second kappa shape index (κ2) is 14.7. The van der Waals surface area contributed by atoms with E-state index in [0.717, 1.165) is 39.3 Å². The summed E-state index contributed by atoms with van der Waals surface area (Å²) in [6, 6.07) is 71.8. The van der Waals surface area contributed by atoms with E-state index in [1.807, 2.05) is 18.2 Å². The molecule has 0 spiro atoms. The van der Waals surface area contributed by atoms with E-state index in [-0.39, 0.29) is 5.82 Å². The van der Waals surface area contributed by atoms with Crippen LogP contribution in [0.5, 0.6) is 0 Å². The van der Waals surface area contributed by atoms with Crippen LogP contribution in [-0.4, -0.2) is 0 Å². The summed E-state index contributed by atoms with van der Waals surface area (Å²) in [7, 11) is 0. The molecule has 0 heterocycles. The van der Waals surface area contributed by atoms with Crippen molar-refractivity contribution >= 4 is 22.6 Å². The van der Waals surface area contributed by atoms with E-state index in [0.29, 0.717) is 0 Å². The molecule has 8 aromatic rings. The summed E-state index contributed by atoms with van der Waals surface area (Å²) >= 11 is 0. The van der Waals surface area contributed by atoms with Crippen molar-refractivity contribution in [1.82, 2.24) is 0 Å². The quantitative estimate of drug-likeness (QED) is 0.143. The zero-order valence-electron chi connectivity index (χ0n) is 31.2. The van der Waals surface area contributed by atoms with E-state index in [1.165, 1.54) is 56.7 Å². The van der Waals surface area contributed by atoms with Gasteiger partial charge in [-0.3, -0.25) is 0 Å². The second-order valence-electron chi connectivity index (χ2n) is 14.3. The number of aryl methyl sites for hydroxylation is 1. The number of allylic oxidation sites excluding steroid dienone is 2. The maximum atomic E-state index is 13.6. The zero-order chi connectivity index (χ0) is 38.1. The van der Waals surface area contributed by atoms with Crippen molar-refractivity contribution in [3.63, 3.8) is 0 Å². The minimum Gasteiger partial charge on any atom is -0.311 e. The van der Waals surface area contributed by atoms with E-state index < -0.39 is 5.41 Å². The Morgan fingerprint density at radius 3 is 1.45 bits per heavy atom. The van der Waals surface area contributed by atoms with Crippen LogP contribution in [0.2, 0.25) is 0 Å². The van der Waals surface area contributed by atoms with Gasteiger partial charge in [-0.25, -0.2) is 4.39 Å². The number of halogens is 1. The first-order valence-electron chi connectivity index (χ1n) is 19.1. The average molecular weight is 722 g/mol. The van der Waals surface area contributed by atoms with Crippen LogP contribution in [0.4, 0.5) is 21.5 Å². The summed E-state index contributed by atoms with van der Waals surface area (Å²) in [5, 5.41) is 0. The zero-order valence-corrected chi connectivity index (χ0v) is 31.2. The Bertz CT molecular complexity index is 2640. The largest absolute Gasteiger partial charge is 0.311 e. The lowest BCUT2D eigenvalue weighted by Gasteiger charge is -2.35. The lowest BCUT2D eigenvalue weighted by molar-refractivity contribution is 0.628. The van der Waals surface area contributed by atoms with Crippen molar-refractivity contribution in [3.8, 4) is 22.3 Å². The van der Waals surface area contributed by atoms with Crippen LogP contribution in [0, 0.1) is 12.7 Å². The highest BCUT2D eigenvalue weighted by atomic mass is 19.1. The molecule has 2 heteroatoms. The van der Waals surface area contributed by atoms with Crippen LogP contribution in [0.1, 0.15) is 33.4 Å². The first-order valence-corrected chi connectivity index (χ1v) is 19.1. The highest BCUT2D eigenvalue weighted by Crippen LogP contribution is 2.57. The Morgan fingerprint density at radius 2 is 0.911 bits per heavy atom. The molecule has 1 nitrogen and oxygen atoms in total. The maximum Gasteiger partial charge on any atom is 0.123 e. The molecule has 0 aromatic heterocycles. The van der Waals surface area contributed by atoms with Gasteiger partial charge in [0, 0.05) is 17.1 Å². The third-order valence-electron chi connectivity index (χ3n) is 11.2. The molecule has 0 saturated carbocycles. The number of fused-ring (bicyclic) bond motifs is 1. The number of hydrogen-bond donors (Lipinski definition) is 0. The maximum absolute atomic E-state index is 13.6. The fourth-order valence-corrected chi connectivity index (χ4v) is 8.57. The highest BCUT2D eigenvalue weighted by Gasteiger charge is 2.47. The number of anilines is 3. The normalized spacial score (nSPS) is 13.0. The van der Waals surface area contributed by atoms with Crippen molar-refractivity contribution in [3.05, 3.63) is 264 Å². The van der Waals surface area contributed by atoms with Gasteiger partial charge in [0.15, 0.2) is 0 Å². The molecule has 0 amide bonds. The lowest BCUT2D eigenvalue weighted by atomic mass is 9.66. The SMILES string of the molecule is C=CC1=C(c2ccccc2C)c2ccc(-c3ccc(N(c4ccccc4)c4ccc(-c5ccc(F)cc5)cc4)cc3)cc2C1(c1ccccc1)c1ccccc1. The van der Waals surface area contributed by atoms with Crippen LogP contribution in [0.15, 0.2) is 224 Å².